The molecule has 1 aliphatic heterocycles. The fourth-order valence-corrected chi connectivity index (χ4v) is 6.96. The van der Waals surface area contributed by atoms with E-state index in [0.29, 0.717) is 24.0 Å². The molecule has 32 heavy (non-hydrogen) atoms. The highest BCUT2D eigenvalue weighted by atomic mass is 16.5. The maximum absolute atomic E-state index is 11.3. The van der Waals surface area contributed by atoms with Crippen LogP contribution in [0.1, 0.15) is 79.6 Å². The number of nitroso groups, excluding NO2 is 1. The molecule has 5 unspecified atom stereocenters. The van der Waals surface area contributed by atoms with Gasteiger partial charge < -0.3 is 15.2 Å². The third-order valence-corrected chi connectivity index (χ3v) is 8.66. The van der Waals surface area contributed by atoms with Gasteiger partial charge in [-0.3, -0.25) is 4.90 Å². The van der Waals surface area contributed by atoms with Crippen LogP contribution in [-0.2, 0) is 4.74 Å². The number of aliphatic hydroxyl groups is 1. The Balaban J connectivity index is 0.000000837. The van der Waals surface area contributed by atoms with Crippen molar-refractivity contribution in [3.63, 3.8) is 0 Å². The zero-order valence-electron chi connectivity index (χ0n) is 21.6. The van der Waals surface area contributed by atoms with Crippen LogP contribution in [0.15, 0.2) is 5.18 Å². The minimum atomic E-state index is -0.237. The highest BCUT2D eigenvalue weighted by Crippen LogP contribution is 2.61. The zero-order chi connectivity index (χ0) is 23.6. The van der Waals surface area contributed by atoms with Crippen LogP contribution in [0, 0.1) is 33.5 Å². The Kier molecular flexibility index (Phi) is 11.6. The van der Waals surface area contributed by atoms with Gasteiger partial charge in [0.1, 0.15) is 6.04 Å². The molecular formula is C26H51N3O3. The number of ether oxygens (including phenoxy) is 1. The Hall–Kier alpha value is -0.560. The van der Waals surface area contributed by atoms with Gasteiger partial charge in [-0.25, -0.2) is 0 Å². The van der Waals surface area contributed by atoms with E-state index in [2.05, 4.69) is 43.1 Å². The quantitative estimate of drug-likeness (QED) is 0.391. The summed E-state index contributed by atoms with van der Waals surface area (Å²) in [5, 5.41) is 14.6. The number of nitrogens with zero attached hydrogens (tertiary/aromatic N) is 2. The van der Waals surface area contributed by atoms with E-state index in [1.54, 1.807) is 0 Å². The van der Waals surface area contributed by atoms with E-state index < -0.39 is 0 Å². The van der Waals surface area contributed by atoms with Crippen molar-refractivity contribution < 1.29 is 9.84 Å². The molecule has 2 aliphatic carbocycles. The molecule has 0 aromatic carbocycles. The number of aliphatic hydroxyl groups excluding tert-OH is 1. The Morgan fingerprint density at radius 1 is 1.19 bits per heavy atom. The molecule has 1 saturated heterocycles. The molecule has 0 aromatic heterocycles. The van der Waals surface area contributed by atoms with Crippen molar-refractivity contribution in [2.75, 3.05) is 52.5 Å². The second-order valence-electron chi connectivity index (χ2n) is 11.5. The van der Waals surface area contributed by atoms with E-state index in [-0.39, 0.29) is 6.04 Å². The lowest BCUT2D eigenvalue weighted by molar-refractivity contribution is -0.102. The summed E-state index contributed by atoms with van der Waals surface area (Å²) in [6, 6.07) is -0.237. The first kappa shape index (κ1) is 27.7. The lowest BCUT2D eigenvalue weighted by Crippen LogP contribution is -2.51. The van der Waals surface area contributed by atoms with Crippen LogP contribution in [0.25, 0.3) is 0 Å². The molecular weight excluding hydrogens is 402 g/mol. The highest BCUT2D eigenvalue weighted by Gasteiger charge is 2.53. The minimum absolute atomic E-state index is 0.237. The molecule has 3 aliphatic rings. The Morgan fingerprint density at radius 2 is 1.88 bits per heavy atom. The van der Waals surface area contributed by atoms with Crippen molar-refractivity contribution >= 4 is 0 Å². The van der Waals surface area contributed by atoms with Gasteiger partial charge in [0.15, 0.2) is 0 Å². The van der Waals surface area contributed by atoms with Crippen molar-refractivity contribution in [2.24, 2.45) is 33.8 Å². The molecule has 3 rings (SSSR count). The Bertz CT molecular complexity index is 536. The first-order valence-electron chi connectivity index (χ1n) is 13.2. The predicted octanol–water partition coefficient (Wildman–Crippen LogP) is 4.70. The zero-order valence-corrected chi connectivity index (χ0v) is 21.6. The number of rotatable bonds is 9. The van der Waals surface area contributed by atoms with Crippen LogP contribution >= 0.6 is 0 Å². The number of nitrogens with one attached hydrogen (secondary N) is 1. The standard InChI is InChI=1S/C23H43N3O2.C3H8O/c1-18-6-7-21-22(2,3)9-5-10-23(21,4)20(18)8-15-28-17-19(25-27)16-26-13-11-24-12-14-26;1-2-3-4/h18-21,24H,5-17H2,1-4H3;4H,2-3H2,1H3. The molecule has 3 fully saturated rings. The maximum Gasteiger partial charge on any atom is 0.128 e. The Morgan fingerprint density at radius 3 is 2.50 bits per heavy atom. The molecule has 0 radical (unpaired) electrons. The van der Waals surface area contributed by atoms with Crippen molar-refractivity contribution in [3.05, 3.63) is 4.91 Å². The van der Waals surface area contributed by atoms with E-state index in [1.165, 1.54) is 32.1 Å². The molecule has 5 atom stereocenters. The van der Waals surface area contributed by atoms with Gasteiger partial charge >= 0.3 is 0 Å². The van der Waals surface area contributed by atoms with Crippen LogP contribution in [0.5, 0.6) is 0 Å². The normalized spacial score (nSPS) is 33.5. The summed E-state index contributed by atoms with van der Waals surface area (Å²) in [6.45, 7) is 18.2. The summed E-state index contributed by atoms with van der Waals surface area (Å²) in [5.74, 6) is 2.35. The van der Waals surface area contributed by atoms with Crippen LogP contribution in [0.2, 0.25) is 0 Å². The molecule has 0 bridgehead atoms. The van der Waals surface area contributed by atoms with Crippen LogP contribution < -0.4 is 5.32 Å². The number of fused-ring (bicyclic) bond motifs is 1. The molecule has 0 amide bonds. The monoisotopic (exact) mass is 453 g/mol. The fraction of sp³-hybridized carbons (Fsp3) is 1.00. The number of hydrogen-bond donors (Lipinski definition) is 2. The van der Waals surface area contributed by atoms with Crippen LogP contribution in [0.3, 0.4) is 0 Å². The molecule has 0 spiro atoms. The van der Waals surface area contributed by atoms with Gasteiger partial charge in [0, 0.05) is 45.9 Å². The largest absolute Gasteiger partial charge is 0.396 e. The third-order valence-electron chi connectivity index (χ3n) is 8.66. The summed E-state index contributed by atoms with van der Waals surface area (Å²) in [6.07, 6.45) is 8.87. The average Bonchev–Trinajstić information content (AvgIpc) is 2.77. The maximum atomic E-state index is 11.3. The predicted molar refractivity (Wildman–Crippen MR) is 133 cm³/mol. The first-order valence-corrected chi connectivity index (χ1v) is 13.2. The van der Waals surface area contributed by atoms with E-state index in [1.807, 2.05) is 6.92 Å². The first-order chi connectivity index (χ1) is 15.3. The van der Waals surface area contributed by atoms with Gasteiger partial charge in [-0.15, -0.1) is 0 Å². The number of hydrogen-bond acceptors (Lipinski definition) is 6. The molecule has 6 nitrogen and oxygen atoms in total. The average molecular weight is 454 g/mol. The summed E-state index contributed by atoms with van der Waals surface area (Å²) in [4.78, 5) is 13.6. The molecule has 2 N–H and O–H groups in total. The Labute approximate surface area is 197 Å². The molecule has 1 heterocycles. The summed E-state index contributed by atoms with van der Waals surface area (Å²) in [5.41, 5.74) is 0.925. The van der Waals surface area contributed by atoms with Gasteiger partial charge in [0.2, 0.25) is 0 Å². The van der Waals surface area contributed by atoms with Gasteiger partial charge in [0.05, 0.1) is 6.61 Å². The SMILES string of the molecule is CC1CCC2C(C)(C)CCCC2(C)C1CCOCC(CN1CCNCC1)N=O.CCCO. The second kappa shape index (κ2) is 13.4. The van der Waals surface area contributed by atoms with Gasteiger partial charge in [-0.2, -0.15) is 4.91 Å². The smallest absolute Gasteiger partial charge is 0.128 e. The summed E-state index contributed by atoms with van der Waals surface area (Å²) in [7, 11) is 0. The summed E-state index contributed by atoms with van der Waals surface area (Å²) < 4.78 is 6.02. The van der Waals surface area contributed by atoms with E-state index >= 15 is 0 Å². The van der Waals surface area contributed by atoms with Crippen molar-refractivity contribution in [3.8, 4) is 0 Å². The molecule has 0 aromatic rings. The molecule has 6 heteroatoms. The van der Waals surface area contributed by atoms with E-state index in [9.17, 15) is 4.91 Å². The fourth-order valence-electron chi connectivity index (χ4n) is 6.96. The van der Waals surface area contributed by atoms with Crippen LogP contribution in [-0.4, -0.2) is 68.6 Å². The minimum Gasteiger partial charge on any atom is -0.396 e. The van der Waals surface area contributed by atoms with Gasteiger partial charge in [-0.1, -0.05) is 52.6 Å². The van der Waals surface area contributed by atoms with Crippen molar-refractivity contribution in [1.82, 2.24) is 10.2 Å². The lowest BCUT2D eigenvalue weighted by Gasteiger charge is -2.59. The van der Waals surface area contributed by atoms with E-state index in [0.717, 1.165) is 69.9 Å². The van der Waals surface area contributed by atoms with Crippen molar-refractivity contribution in [2.45, 2.75) is 85.6 Å². The topological polar surface area (TPSA) is 74.2 Å². The number of piperazine rings is 1. The van der Waals surface area contributed by atoms with Crippen molar-refractivity contribution in [1.29, 1.82) is 0 Å². The third kappa shape index (κ3) is 7.48. The van der Waals surface area contributed by atoms with E-state index in [4.69, 9.17) is 9.84 Å². The lowest BCUT2D eigenvalue weighted by atomic mass is 9.46. The highest BCUT2D eigenvalue weighted by molar-refractivity contribution is 5.02. The summed E-state index contributed by atoms with van der Waals surface area (Å²) >= 11 is 0. The molecule has 188 valence electrons. The second-order valence-corrected chi connectivity index (χ2v) is 11.5. The molecule has 2 saturated carbocycles. The van der Waals surface area contributed by atoms with Crippen LogP contribution in [0.4, 0.5) is 0 Å². The van der Waals surface area contributed by atoms with Gasteiger partial charge in [0.25, 0.3) is 0 Å². The van der Waals surface area contributed by atoms with Gasteiger partial charge in [-0.05, 0) is 60.7 Å².